The molecule has 0 bridgehead atoms. The minimum atomic E-state index is -1.08. The number of nitrogens with one attached hydrogen (secondary N) is 3. The Balaban J connectivity index is 1.00. The average molecular weight is 776 g/mol. The lowest BCUT2D eigenvalue weighted by atomic mass is 9.79. The maximum Gasteiger partial charge on any atom is 0.306 e. The Labute approximate surface area is 322 Å². The van der Waals surface area contributed by atoms with Crippen LogP contribution < -0.4 is 25.4 Å². The lowest BCUT2D eigenvalue weighted by Crippen LogP contribution is -2.56. The van der Waals surface area contributed by atoms with Gasteiger partial charge in [0.2, 0.25) is 17.7 Å². The number of nitrogens with zero attached hydrogens (tertiary/aromatic N) is 3. The van der Waals surface area contributed by atoms with E-state index in [2.05, 4.69) is 30.8 Å². The van der Waals surface area contributed by atoms with Crippen molar-refractivity contribution < 1.29 is 34.1 Å². The highest BCUT2D eigenvalue weighted by Crippen LogP contribution is 2.43. The van der Waals surface area contributed by atoms with Crippen LogP contribution >= 0.6 is 23.2 Å². The van der Waals surface area contributed by atoms with Crippen molar-refractivity contribution in [2.75, 3.05) is 38.6 Å². The van der Waals surface area contributed by atoms with E-state index in [1.54, 1.807) is 24.4 Å². The average Bonchev–Trinajstić information content (AvgIpc) is 3.73. The molecule has 2 aromatic heterocycles. The van der Waals surface area contributed by atoms with Crippen molar-refractivity contribution >= 4 is 46.8 Å². The van der Waals surface area contributed by atoms with E-state index in [1.165, 1.54) is 7.11 Å². The number of aromatic nitrogens is 2. The van der Waals surface area contributed by atoms with Gasteiger partial charge in [-0.15, -0.1) is 0 Å². The van der Waals surface area contributed by atoms with Crippen LogP contribution in [-0.4, -0.2) is 82.3 Å². The highest BCUT2D eigenvalue weighted by atomic mass is 35.5. The first-order valence-corrected chi connectivity index (χ1v) is 18.4. The highest BCUT2D eigenvalue weighted by Gasteiger charge is 2.47. The van der Waals surface area contributed by atoms with Crippen LogP contribution in [0.1, 0.15) is 58.0 Å². The standard InChI is InChI=1S/C39H40Cl2N6O7/c1-53-37-23(16-42-17-24(48)13-34(50)51)12-30(40)38(46-37)54-31-10-9-26-25(4-2-5-27(26)31)28-6-3-7-29(35(28)41)36(52)45-32-11-8-22(15-43-32)18-47-20-39(21-47)14-33(49)44-19-39/h2-8,11-12,15,24,31,42,48H,9-10,13-14,16-21H2,1H3,(H,44,49)(H,50,51)(H,43,45,52)/t24-,31-/m0/s1. The second-order valence-corrected chi connectivity index (χ2v) is 14.9. The molecule has 2 saturated heterocycles. The van der Waals surface area contributed by atoms with E-state index < -0.39 is 12.1 Å². The van der Waals surface area contributed by atoms with E-state index in [0.717, 1.165) is 54.0 Å². The van der Waals surface area contributed by atoms with E-state index in [4.69, 9.17) is 37.8 Å². The summed E-state index contributed by atoms with van der Waals surface area (Å²) in [5.74, 6) is -0.419. The zero-order valence-electron chi connectivity index (χ0n) is 29.5. The molecule has 0 saturated carbocycles. The monoisotopic (exact) mass is 774 g/mol. The van der Waals surface area contributed by atoms with Gasteiger partial charge in [0.1, 0.15) is 16.9 Å². The minimum absolute atomic E-state index is 0.0651. The molecule has 1 aliphatic carbocycles. The van der Waals surface area contributed by atoms with Crippen LogP contribution in [0, 0.1) is 5.41 Å². The Morgan fingerprint density at radius 1 is 1.11 bits per heavy atom. The molecule has 7 rings (SSSR count). The Bertz CT molecular complexity index is 2080. The second-order valence-electron chi connectivity index (χ2n) is 14.1. The van der Waals surface area contributed by atoms with Gasteiger partial charge in [-0.25, -0.2) is 4.98 Å². The fraction of sp³-hybridized carbons (Fsp3) is 0.359. The maximum atomic E-state index is 13.5. The fourth-order valence-corrected chi connectivity index (χ4v) is 8.12. The number of anilines is 1. The van der Waals surface area contributed by atoms with Gasteiger partial charge in [0.15, 0.2) is 0 Å². The number of carbonyl (C=O) groups is 3. The molecule has 0 unspecified atom stereocenters. The predicted molar refractivity (Wildman–Crippen MR) is 202 cm³/mol. The van der Waals surface area contributed by atoms with E-state index >= 15 is 0 Å². The number of amides is 2. The highest BCUT2D eigenvalue weighted by molar-refractivity contribution is 6.37. The predicted octanol–water partition coefficient (Wildman–Crippen LogP) is 5.02. The number of likely N-dealkylation sites (tertiary alicyclic amines) is 1. The van der Waals surface area contributed by atoms with E-state index in [9.17, 15) is 19.5 Å². The molecule has 2 amide bonds. The van der Waals surface area contributed by atoms with Crippen molar-refractivity contribution in [3.05, 3.63) is 98.7 Å². The molecule has 2 aliphatic heterocycles. The van der Waals surface area contributed by atoms with Gasteiger partial charge in [-0.2, -0.15) is 4.98 Å². The van der Waals surface area contributed by atoms with Crippen molar-refractivity contribution in [3.8, 4) is 22.9 Å². The number of carbonyl (C=O) groups excluding carboxylic acids is 2. The number of carboxylic acids is 1. The zero-order chi connectivity index (χ0) is 38.0. The summed E-state index contributed by atoms with van der Waals surface area (Å²) in [6, 6.07) is 16.7. The number of fused-ring (bicyclic) bond motifs is 1. The SMILES string of the molecule is COc1nc(O[C@H]2CCc3c(-c4cccc(C(=O)Nc5ccc(CN6CC7(CNC(=O)C7)C6)cn5)c4Cl)cccc32)c(Cl)cc1CNC[C@@H](O)CC(=O)O. The van der Waals surface area contributed by atoms with Gasteiger partial charge < -0.3 is 35.6 Å². The lowest BCUT2D eigenvalue weighted by molar-refractivity contribution is -0.139. The third-order valence-corrected chi connectivity index (χ3v) is 10.7. The lowest BCUT2D eigenvalue weighted by Gasteiger charge is -2.47. The number of aliphatic hydroxyl groups excluding tert-OH is 1. The molecule has 2 aromatic carbocycles. The summed E-state index contributed by atoms with van der Waals surface area (Å²) in [5, 5.41) is 28.1. The summed E-state index contributed by atoms with van der Waals surface area (Å²) in [4.78, 5) is 47.2. The molecule has 3 aliphatic rings. The Hall–Kier alpha value is -4.79. The van der Waals surface area contributed by atoms with Crippen LogP contribution in [0.15, 0.2) is 60.8 Å². The van der Waals surface area contributed by atoms with Crippen LogP contribution in [0.3, 0.4) is 0 Å². The third kappa shape index (κ3) is 8.15. The number of hydrogen-bond acceptors (Lipinski definition) is 10. The van der Waals surface area contributed by atoms with E-state index in [-0.39, 0.29) is 59.6 Å². The Morgan fingerprint density at radius 3 is 2.63 bits per heavy atom. The number of benzene rings is 2. The molecule has 2 atom stereocenters. The first-order valence-electron chi connectivity index (χ1n) is 17.7. The van der Waals surface area contributed by atoms with Crippen molar-refractivity contribution in [2.24, 2.45) is 5.41 Å². The number of aliphatic hydroxyl groups is 1. The second kappa shape index (κ2) is 15.9. The number of pyridine rings is 2. The quantitative estimate of drug-likeness (QED) is 0.116. The number of rotatable bonds is 14. The third-order valence-electron chi connectivity index (χ3n) is 10.1. The Kier molecular flexibility index (Phi) is 11.0. The van der Waals surface area contributed by atoms with Crippen LogP contribution in [-0.2, 0) is 29.1 Å². The van der Waals surface area contributed by atoms with Crippen molar-refractivity contribution in [2.45, 2.75) is 51.0 Å². The number of halogens is 2. The van der Waals surface area contributed by atoms with Gasteiger partial charge in [-0.05, 0) is 53.3 Å². The minimum Gasteiger partial charge on any atom is -0.481 e. The summed E-state index contributed by atoms with van der Waals surface area (Å²) >= 11 is 13.6. The van der Waals surface area contributed by atoms with E-state index in [1.807, 2.05) is 36.4 Å². The van der Waals surface area contributed by atoms with Crippen LogP contribution in [0.25, 0.3) is 11.1 Å². The molecule has 282 valence electrons. The number of methoxy groups -OCH3 is 1. The van der Waals surface area contributed by atoms with Crippen LogP contribution in [0.4, 0.5) is 5.82 Å². The summed E-state index contributed by atoms with van der Waals surface area (Å²) in [7, 11) is 1.48. The number of ether oxygens (including phenoxy) is 2. The maximum absolute atomic E-state index is 13.5. The summed E-state index contributed by atoms with van der Waals surface area (Å²) in [6.45, 7) is 3.53. The molecular weight excluding hydrogens is 735 g/mol. The number of aliphatic carboxylic acids is 1. The normalized spacial score (nSPS) is 17.8. The van der Waals surface area contributed by atoms with Crippen molar-refractivity contribution in [1.29, 1.82) is 0 Å². The summed E-state index contributed by atoms with van der Waals surface area (Å²) < 4.78 is 11.8. The van der Waals surface area contributed by atoms with Gasteiger partial charge in [-0.1, -0.05) is 59.6 Å². The van der Waals surface area contributed by atoms with Crippen molar-refractivity contribution in [3.63, 3.8) is 0 Å². The first kappa shape index (κ1) is 37.5. The molecule has 4 heterocycles. The summed E-state index contributed by atoms with van der Waals surface area (Å²) in [6.07, 6.45) is 1.94. The van der Waals surface area contributed by atoms with Gasteiger partial charge in [0.25, 0.3) is 5.91 Å². The molecule has 5 N–H and O–H groups in total. The van der Waals surface area contributed by atoms with Gasteiger partial charge in [0.05, 0.1) is 30.2 Å². The molecule has 0 radical (unpaired) electrons. The number of hydrogen-bond donors (Lipinski definition) is 5. The molecule has 15 heteroatoms. The molecule has 2 fully saturated rings. The zero-order valence-corrected chi connectivity index (χ0v) is 31.0. The van der Waals surface area contributed by atoms with Crippen molar-refractivity contribution in [1.82, 2.24) is 25.5 Å². The van der Waals surface area contributed by atoms with Crippen LogP contribution in [0.2, 0.25) is 10.0 Å². The molecule has 1 spiro atoms. The topological polar surface area (TPSA) is 175 Å². The first-order chi connectivity index (χ1) is 26.0. The number of carboxylic acid groups (broad SMARTS) is 1. The van der Waals surface area contributed by atoms with E-state index in [0.29, 0.717) is 41.2 Å². The smallest absolute Gasteiger partial charge is 0.306 e. The molecule has 4 aromatic rings. The molecule has 54 heavy (non-hydrogen) atoms. The largest absolute Gasteiger partial charge is 0.481 e. The van der Waals surface area contributed by atoms with Gasteiger partial charge >= 0.3 is 5.97 Å². The van der Waals surface area contributed by atoms with Crippen LogP contribution in [0.5, 0.6) is 11.8 Å². The molecule has 13 nitrogen and oxygen atoms in total. The summed E-state index contributed by atoms with van der Waals surface area (Å²) in [5.41, 5.74) is 5.66. The molecular formula is C39H40Cl2N6O7. The van der Waals surface area contributed by atoms with Gasteiger partial charge in [0, 0.05) is 68.4 Å². The van der Waals surface area contributed by atoms with Gasteiger partial charge in [-0.3, -0.25) is 19.3 Å². The Morgan fingerprint density at radius 2 is 1.91 bits per heavy atom. The fourth-order valence-electron chi connectivity index (χ4n) is 7.59.